The fraction of sp³-hybridized carbons (Fsp3) is 0.655. The maximum absolute atomic E-state index is 14.6. The van der Waals surface area contributed by atoms with Gasteiger partial charge in [-0.2, -0.15) is 23.4 Å². The summed E-state index contributed by atoms with van der Waals surface area (Å²) in [4.78, 5) is 35.3. The molecule has 1 saturated carbocycles. The number of rotatable bonds is 7. The summed E-state index contributed by atoms with van der Waals surface area (Å²) in [7, 11) is 1.60. The van der Waals surface area contributed by atoms with Crippen LogP contribution < -0.4 is 10.6 Å². The van der Waals surface area contributed by atoms with Gasteiger partial charge in [-0.1, -0.05) is 0 Å². The molecule has 3 aromatic heterocycles. The van der Waals surface area contributed by atoms with Crippen LogP contribution in [0.1, 0.15) is 84.5 Å². The molecule has 2 amide bonds. The molecule has 2 N–H and O–H groups in total. The summed E-state index contributed by atoms with van der Waals surface area (Å²) in [5.41, 5.74) is 1.36. The highest BCUT2D eigenvalue weighted by Crippen LogP contribution is 2.42. The molecule has 5 atom stereocenters. The number of aryl methyl sites for hydroxylation is 1. The maximum atomic E-state index is 14.6. The van der Waals surface area contributed by atoms with E-state index in [1.54, 1.807) is 7.05 Å². The van der Waals surface area contributed by atoms with Gasteiger partial charge in [-0.25, -0.2) is 23.3 Å². The molecule has 3 aromatic rings. The Labute approximate surface area is 255 Å². The van der Waals surface area contributed by atoms with Gasteiger partial charge in [0, 0.05) is 57.5 Å². The Morgan fingerprint density at radius 1 is 1.24 bits per heavy atom. The van der Waals surface area contributed by atoms with Crippen LogP contribution in [-0.4, -0.2) is 73.0 Å². The lowest BCUT2D eigenvalue weighted by molar-refractivity contribution is -0.183. The Balaban J connectivity index is 1.37. The van der Waals surface area contributed by atoms with Crippen molar-refractivity contribution in [3.8, 4) is 0 Å². The first-order valence-corrected chi connectivity index (χ1v) is 15.2. The van der Waals surface area contributed by atoms with Crippen molar-refractivity contribution >= 4 is 17.6 Å². The second-order valence-electron chi connectivity index (χ2n) is 12.4. The molecule has 1 aliphatic carbocycles. The fourth-order valence-electron chi connectivity index (χ4n) is 6.76. The minimum Gasteiger partial charge on any atom is -0.381 e. The van der Waals surface area contributed by atoms with Crippen molar-refractivity contribution in [2.75, 3.05) is 19.8 Å². The van der Waals surface area contributed by atoms with E-state index >= 15 is 0 Å². The Hall–Kier alpha value is -3.69. The lowest BCUT2D eigenvalue weighted by atomic mass is 9.80. The topological polar surface area (TPSA) is 128 Å². The fourth-order valence-corrected chi connectivity index (χ4v) is 6.76. The van der Waals surface area contributed by atoms with Gasteiger partial charge in [0.15, 0.2) is 0 Å². The predicted octanol–water partition coefficient (Wildman–Crippen LogP) is 3.91. The van der Waals surface area contributed by atoms with Crippen molar-refractivity contribution in [1.29, 1.82) is 0 Å². The number of hydrogen-bond donors (Lipinski definition) is 2. The average molecular weight is 639 g/mol. The third-order valence-electron chi connectivity index (χ3n) is 9.15. The molecule has 3 aliphatic rings. The average Bonchev–Trinajstić information content (AvgIpc) is 3.61. The lowest BCUT2D eigenvalue weighted by Crippen LogP contribution is -2.47. The van der Waals surface area contributed by atoms with Gasteiger partial charge in [-0.15, -0.1) is 0 Å². The van der Waals surface area contributed by atoms with Crippen LogP contribution in [0.25, 0.3) is 5.78 Å². The number of fused-ring (bicyclic) bond motifs is 1. The van der Waals surface area contributed by atoms with E-state index in [0.29, 0.717) is 37.4 Å². The molecule has 45 heavy (non-hydrogen) atoms. The van der Waals surface area contributed by atoms with E-state index in [0.717, 1.165) is 6.42 Å². The Kier molecular flexibility index (Phi) is 8.52. The molecule has 2 aliphatic heterocycles. The van der Waals surface area contributed by atoms with E-state index in [1.807, 2.05) is 0 Å². The van der Waals surface area contributed by atoms with Gasteiger partial charge < -0.3 is 15.4 Å². The highest BCUT2D eigenvalue weighted by molar-refractivity contribution is 5.92. The van der Waals surface area contributed by atoms with E-state index < -0.39 is 60.7 Å². The van der Waals surface area contributed by atoms with Gasteiger partial charge in [0.1, 0.15) is 5.69 Å². The van der Waals surface area contributed by atoms with Crippen molar-refractivity contribution in [2.24, 2.45) is 24.8 Å². The molecule has 0 aromatic carbocycles. The van der Waals surface area contributed by atoms with Crippen molar-refractivity contribution in [3.63, 3.8) is 0 Å². The number of halogens is 5. The SMILES string of the molecule is Cn1nccc1C(=O)N[C@H](c1cn2nc(C[C@H]3C[C@@H](C(F)(F)F)CNC3=O)c([C@H]3CCCOC3)nc2n1)[C@H]1CCCC(F)(F)C1. The standard InChI is InChI=1S/C29H35F5N8O3/c1-41-22(6-8-36-41)26(44)38-23(16-4-2-7-28(30,31)12-16)21-14-42-27(37-21)39-24(17-5-3-9-45-15-17)20(40-42)11-18-10-19(29(32,33)34)13-35-25(18)43/h6,8,14,16-19,23H,2-5,7,9-13,15H2,1H3,(H,35,43)(H,38,44)/t16-,17-,18+,19+,23-/m0/s1. The van der Waals surface area contributed by atoms with Crippen LogP contribution in [0.4, 0.5) is 22.0 Å². The molecule has 11 nitrogen and oxygen atoms in total. The normalized spacial score (nSPS) is 26.4. The third kappa shape index (κ3) is 6.79. The summed E-state index contributed by atoms with van der Waals surface area (Å²) < 4.78 is 78.2. The van der Waals surface area contributed by atoms with Crippen LogP contribution in [0.3, 0.4) is 0 Å². The Morgan fingerprint density at radius 3 is 2.76 bits per heavy atom. The number of imidazole rings is 1. The highest BCUT2D eigenvalue weighted by atomic mass is 19.4. The zero-order valence-electron chi connectivity index (χ0n) is 24.7. The summed E-state index contributed by atoms with van der Waals surface area (Å²) in [6, 6.07) is 0.619. The Morgan fingerprint density at radius 2 is 2.07 bits per heavy atom. The molecule has 3 fully saturated rings. The number of ether oxygens (including phenoxy) is 1. The summed E-state index contributed by atoms with van der Waals surface area (Å²) >= 11 is 0. The number of amides is 2. The molecule has 5 heterocycles. The van der Waals surface area contributed by atoms with Crippen molar-refractivity contribution in [3.05, 3.63) is 41.2 Å². The van der Waals surface area contributed by atoms with Crippen LogP contribution >= 0.6 is 0 Å². The Bertz CT molecular complexity index is 1550. The van der Waals surface area contributed by atoms with Crippen molar-refractivity contribution in [1.82, 2.24) is 40.0 Å². The molecule has 0 spiro atoms. The van der Waals surface area contributed by atoms with Crippen molar-refractivity contribution in [2.45, 2.75) is 75.4 Å². The van der Waals surface area contributed by atoms with Gasteiger partial charge >= 0.3 is 6.18 Å². The number of aromatic nitrogens is 6. The van der Waals surface area contributed by atoms with Crippen LogP contribution in [-0.2, 0) is 23.0 Å². The first kappa shape index (κ1) is 31.3. The molecule has 0 radical (unpaired) electrons. The maximum Gasteiger partial charge on any atom is 0.393 e. The minimum absolute atomic E-state index is 0.0732. The summed E-state index contributed by atoms with van der Waals surface area (Å²) in [6.07, 6.45) is -0.447. The number of piperidine rings is 1. The van der Waals surface area contributed by atoms with Crippen LogP contribution in [0, 0.1) is 17.8 Å². The summed E-state index contributed by atoms with van der Waals surface area (Å²) in [5.74, 6) is -7.22. The van der Waals surface area contributed by atoms with Crippen LogP contribution in [0.15, 0.2) is 18.5 Å². The van der Waals surface area contributed by atoms with Gasteiger partial charge in [0.2, 0.25) is 11.8 Å². The van der Waals surface area contributed by atoms with Gasteiger partial charge in [0.05, 0.1) is 41.8 Å². The lowest BCUT2D eigenvalue weighted by Gasteiger charge is -2.34. The van der Waals surface area contributed by atoms with Crippen LogP contribution in [0.5, 0.6) is 0 Å². The van der Waals surface area contributed by atoms with Crippen LogP contribution in [0.2, 0.25) is 0 Å². The van der Waals surface area contributed by atoms with E-state index in [4.69, 9.17) is 9.72 Å². The molecule has 244 valence electrons. The molecule has 6 rings (SSSR count). The third-order valence-corrected chi connectivity index (χ3v) is 9.15. The second kappa shape index (κ2) is 12.2. The molecule has 0 bridgehead atoms. The van der Waals surface area contributed by atoms with Gasteiger partial charge in [-0.3, -0.25) is 14.3 Å². The smallest absolute Gasteiger partial charge is 0.381 e. The summed E-state index contributed by atoms with van der Waals surface area (Å²) in [6.45, 7) is 0.426. The number of nitrogens with one attached hydrogen (secondary N) is 2. The van der Waals surface area contributed by atoms with Gasteiger partial charge in [0.25, 0.3) is 11.7 Å². The second-order valence-corrected chi connectivity index (χ2v) is 12.4. The highest BCUT2D eigenvalue weighted by Gasteiger charge is 2.45. The molecule has 2 saturated heterocycles. The predicted molar refractivity (Wildman–Crippen MR) is 148 cm³/mol. The van der Waals surface area contributed by atoms with E-state index in [2.05, 4.69) is 25.8 Å². The number of carbonyl (C=O) groups excluding carboxylic acids is 2. The first-order chi connectivity index (χ1) is 21.4. The van der Waals surface area contributed by atoms with Gasteiger partial charge in [-0.05, 0) is 44.1 Å². The van der Waals surface area contributed by atoms with Crippen molar-refractivity contribution < 1.29 is 36.3 Å². The number of carbonyl (C=O) groups is 2. The summed E-state index contributed by atoms with van der Waals surface area (Å²) in [5, 5.41) is 14.0. The molecule has 16 heteroatoms. The quantitative estimate of drug-likeness (QED) is 0.376. The van der Waals surface area contributed by atoms with E-state index in [1.165, 1.54) is 27.7 Å². The first-order valence-electron chi connectivity index (χ1n) is 15.2. The largest absolute Gasteiger partial charge is 0.393 e. The number of hydrogen-bond acceptors (Lipinski definition) is 7. The number of alkyl halides is 5. The van der Waals surface area contributed by atoms with E-state index in [9.17, 15) is 31.5 Å². The van der Waals surface area contributed by atoms with E-state index in [-0.39, 0.29) is 48.8 Å². The minimum atomic E-state index is -4.45. The monoisotopic (exact) mass is 638 g/mol. The zero-order chi connectivity index (χ0) is 31.9. The molecule has 0 unspecified atom stereocenters. The molecular formula is C29H35F5N8O3. The zero-order valence-corrected chi connectivity index (χ0v) is 24.7. The number of nitrogens with zero attached hydrogens (tertiary/aromatic N) is 6. The molecular weight excluding hydrogens is 603 g/mol.